The summed E-state index contributed by atoms with van der Waals surface area (Å²) >= 11 is 0. The Labute approximate surface area is 76.2 Å². The van der Waals surface area contributed by atoms with Crippen LogP contribution in [0, 0.1) is 11.8 Å². The van der Waals surface area contributed by atoms with Gasteiger partial charge in [-0.05, 0) is 31.1 Å². The van der Waals surface area contributed by atoms with E-state index < -0.39 is 0 Å². The molecule has 1 saturated carbocycles. The maximum atomic E-state index is 10.2. The van der Waals surface area contributed by atoms with Gasteiger partial charge in [0, 0.05) is 0 Å². The first kappa shape index (κ1) is 10.0. The summed E-state index contributed by atoms with van der Waals surface area (Å²) in [4.78, 5) is 0. The Morgan fingerprint density at radius 3 is 2.67 bits per heavy atom. The zero-order chi connectivity index (χ0) is 9.19. The molecule has 0 aromatic rings. The minimum absolute atomic E-state index is 0.328. The second-order valence-corrected chi connectivity index (χ2v) is 5.02. The van der Waals surface area contributed by atoms with E-state index in [1.54, 1.807) is 0 Å². The van der Waals surface area contributed by atoms with Gasteiger partial charge in [0.25, 0.3) is 0 Å². The van der Waals surface area contributed by atoms with Crippen molar-refractivity contribution < 1.29 is 5.11 Å². The summed E-state index contributed by atoms with van der Waals surface area (Å²) < 4.78 is 0. The minimum Gasteiger partial charge on any atom is -0.390 e. The van der Waals surface area contributed by atoms with Crippen LogP contribution in [0.4, 0.5) is 0 Å². The molecule has 0 heterocycles. The van der Waals surface area contributed by atoms with Crippen LogP contribution >= 0.6 is 0 Å². The average Bonchev–Trinajstić information content (AvgIpc) is 1.82. The van der Waals surface area contributed by atoms with Gasteiger partial charge in [-0.25, -0.2) is 0 Å². The molecule has 0 saturated heterocycles. The first-order valence-corrected chi connectivity index (χ1v) is 5.24. The summed E-state index contributed by atoms with van der Waals surface area (Å²) in [5.74, 6) is 1.35. The van der Waals surface area contributed by atoms with Gasteiger partial charge in [-0.15, -0.1) is 0 Å². The summed E-state index contributed by atoms with van der Waals surface area (Å²) in [6.07, 6.45) is 5.54. The summed E-state index contributed by atoms with van der Waals surface area (Å²) in [7, 11) is 0. The molecule has 2 atom stereocenters. The Morgan fingerprint density at radius 1 is 1.50 bits per heavy atom. The Kier molecular flexibility index (Phi) is 3.16. The van der Waals surface area contributed by atoms with E-state index >= 15 is 0 Å². The lowest BCUT2D eigenvalue weighted by atomic mass is 9.75. The van der Waals surface area contributed by atoms with Crippen LogP contribution in [0.5, 0.6) is 0 Å². The lowest BCUT2D eigenvalue weighted by Crippen LogP contribution is -2.35. The maximum Gasteiger partial charge on any atom is 0.0652 e. The zero-order valence-corrected chi connectivity index (χ0v) is 8.64. The third kappa shape index (κ3) is 2.78. The van der Waals surface area contributed by atoms with Gasteiger partial charge in [0.2, 0.25) is 0 Å². The molecule has 1 aliphatic carbocycles. The Bertz CT molecular complexity index is 138. The van der Waals surface area contributed by atoms with Crippen LogP contribution in [0.2, 0.25) is 0 Å². The van der Waals surface area contributed by atoms with E-state index in [0.717, 1.165) is 25.2 Å². The molecular formula is C11H22O. The number of aliphatic hydroxyl groups is 1. The van der Waals surface area contributed by atoms with Gasteiger partial charge in [-0.2, -0.15) is 0 Å². The SMILES string of the molecule is CC(C)C[C@]1(O)CCC[C@@H](C)C1. The van der Waals surface area contributed by atoms with E-state index in [9.17, 15) is 5.11 Å². The fraction of sp³-hybridized carbons (Fsp3) is 1.00. The highest BCUT2D eigenvalue weighted by Crippen LogP contribution is 2.36. The zero-order valence-electron chi connectivity index (χ0n) is 8.64. The molecule has 0 bridgehead atoms. The van der Waals surface area contributed by atoms with Gasteiger partial charge in [-0.3, -0.25) is 0 Å². The monoisotopic (exact) mass is 170 g/mol. The molecule has 72 valence electrons. The summed E-state index contributed by atoms with van der Waals surface area (Å²) in [6, 6.07) is 0. The number of rotatable bonds is 2. The molecule has 0 radical (unpaired) electrons. The molecule has 1 nitrogen and oxygen atoms in total. The van der Waals surface area contributed by atoms with Crippen LogP contribution in [0.15, 0.2) is 0 Å². The van der Waals surface area contributed by atoms with Crippen LogP contribution in [0.3, 0.4) is 0 Å². The largest absolute Gasteiger partial charge is 0.390 e. The van der Waals surface area contributed by atoms with Crippen LogP contribution < -0.4 is 0 Å². The molecule has 0 amide bonds. The predicted molar refractivity (Wildman–Crippen MR) is 52.0 cm³/mol. The van der Waals surface area contributed by atoms with Crippen LogP contribution in [0.1, 0.15) is 52.9 Å². The highest BCUT2D eigenvalue weighted by molar-refractivity contribution is 4.85. The maximum absolute atomic E-state index is 10.2. The van der Waals surface area contributed by atoms with Crippen molar-refractivity contribution in [1.82, 2.24) is 0 Å². The summed E-state index contributed by atoms with van der Waals surface area (Å²) in [5, 5.41) is 10.2. The molecule has 0 aromatic heterocycles. The molecule has 1 aliphatic rings. The van der Waals surface area contributed by atoms with Gasteiger partial charge in [0.15, 0.2) is 0 Å². The Hall–Kier alpha value is -0.0400. The van der Waals surface area contributed by atoms with Crippen molar-refractivity contribution in [1.29, 1.82) is 0 Å². The van der Waals surface area contributed by atoms with Gasteiger partial charge in [0.05, 0.1) is 5.60 Å². The fourth-order valence-electron chi connectivity index (χ4n) is 2.58. The highest BCUT2D eigenvalue weighted by atomic mass is 16.3. The fourth-order valence-corrected chi connectivity index (χ4v) is 2.58. The third-order valence-electron chi connectivity index (χ3n) is 2.86. The van der Waals surface area contributed by atoms with E-state index in [1.165, 1.54) is 12.8 Å². The average molecular weight is 170 g/mol. The van der Waals surface area contributed by atoms with E-state index in [2.05, 4.69) is 20.8 Å². The van der Waals surface area contributed by atoms with Crippen LogP contribution in [0.25, 0.3) is 0 Å². The van der Waals surface area contributed by atoms with Gasteiger partial charge >= 0.3 is 0 Å². The van der Waals surface area contributed by atoms with Gasteiger partial charge in [0.1, 0.15) is 0 Å². The number of hydrogen-bond acceptors (Lipinski definition) is 1. The third-order valence-corrected chi connectivity index (χ3v) is 2.86. The standard InChI is InChI=1S/C11H22O/c1-9(2)7-11(12)6-4-5-10(3)8-11/h9-10,12H,4-8H2,1-3H3/t10-,11-/m1/s1. The second kappa shape index (κ2) is 3.78. The van der Waals surface area contributed by atoms with Crippen molar-refractivity contribution in [2.24, 2.45) is 11.8 Å². The molecule has 1 heteroatoms. The van der Waals surface area contributed by atoms with Crippen molar-refractivity contribution in [2.45, 2.75) is 58.5 Å². The lowest BCUT2D eigenvalue weighted by Gasteiger charge is -2.36. The normalized spacial score (nSPS) is 37.2. The quantitative estimate of drug-likeness (QED) is 0.675. The smallest absolute Gasteiger partial charge is 0.0652 e. The van der Waals surface area contributed by atoms with Crippen molar-refractivity contribution >= 4 is 0 Å². The van der Waals surface area contributed by atoms with E-state index in [4.69, 9.17) is 0 Å². The van der Waals surface area contributed by atoms with Gasteiger partial charge < -0.3 is 5.11 Å². The predicted octanol–water partition coefficient (Wildman–Crippen LogP) is 2.97. The summed E-state index contributed by atoms with van der Waals surface area (Å²) in [5.41, 5.74) is -0.328. The second-order valence-electron chi connectivity index (χ2n) is 5.02. The van der Waals surface area contributed by atoms with E-state index in [-0.39, 0.29) is 5.60 Å². The first-order chi connectivity index (χ1) is 5.52. The number of hydrogen-bond donors (Lipinski definition) is 1. The molecule has 12 heavy (non-hydrogen) atoms. The molecule has 0 aromatic carbocycles. The highest BCUT2D eigenvalue weighted by Gasteiger charge is 2.32. The van der Waals surface area contributed by atoms with Crippen molar-refractivity contribution in [3.63, 3.8) is 0 Å². The molecule has 0 unspecified atom stereocenters. The van der Waals surface area contributed by atoms with Gasteiger partial charge in [-0.1, -0.05) is 33.6 Å². The van der Waals surface area contributed by atoms with Crippen molar-refractivity contribution in [3.05, 3.63) is 0 Å². The molecular weight excluding hydrogens is 148 g/mol. The van der Waals surface area contributed by atoms with Crippen molar-refractivity contribution in [3.8, 4) is 0 Å². The molecule has 1 rings (SSSR count). The molecule has 1 N–H and O–H groups in total. The van der Waals surface area contributed by atoms with Crippen molar-refractivity contribution in [2.75, 3.05) is 0 Å². The Balaban J connectivity index is 2.45. The van der Waals surface area contributed by atoms with Crippen LogP contribution in [-0.2, 0) is 0 Å². The topological polar surface area (TPSA) is 20.2 Å². The molecule has 0 aliphatic heterocycles. The molecule has 0 spiro atoms. The van der Waals surface area contributed by atoms with E-state index in [0.29, 0.717) is 5.92 Å². The molecule has 1 fully saturated rings. The van der Waals surface area contributed by atoms with Crippen LogP contribution in [-0.4, -0.2) is 10.7 Å². The lowest BCUT2D eigenvalue weighted by molar-refractivity contribution is -0.0293. The Morgan fingerprint density at radius 2 is 2.17 bits per heavy atom. The minimum atomic E-state index is -0.328. The summed E-state index contributed by atoms with van der Waals surface area (Å²) in [6.45, 7) is 6.64. The van der Waals surface area contributed by atoms with E-state index in [1.807, 2.05) is 0 Å². The first-order valence-electron chi connectivity index (χ1n) is 5.24.